The average molecular weight is 273 g/mol. The van der Waals surface area contributed by atoms with E-state index in [2.05, 4.69) is 6.92 Å². The normalized spacial score (nSPS) is 19.6. The number of thioether (sulfide) groups is 1. The summed E-state index contributed by atoms with van der Waals surface area (Å²) in [6, 6.07) is 0. The van der Waals surface area contributed by atoms with E-state index in [1.54, 1.807) is 0 Å². The summed E-state index contributed by atoms with van der Waals surface area (Å²) in [5.74, 6) is -0.322. The van der Waals surface area contributed by atoms with Crippen molar-refractivity contribution in [2.24, 2.45) is 0 Å². The van der Waals surface area contributed by atoms with Gasteiger partial charge in [0.05, 0.1) is 5.25 Å². The van der Waals surface area contributed by atoms with E-state index >= 15 is 0 Å². The van der Waals surface area contributed by atoms with Gasteiger partial charge in [-0.05, 0) is 18.6 Å². The highest BCUT2D eigenvalue weighted by Gasteiger charge is 2.38. The molecule has 0 aromatic rings. The van der Waals surface area contributed by atoms with Crippen LogP contribution in [-0.4, -0.2) is 45.3 Å². The summed E-state index contributed by atoms with van der Waals surface area (Å²) in [6.07, 6.45) is 2.70. The summed E-state index contributed by atoms with van der Waals surface area (Å²) >= 11 is 1.54. The van der Waals surface area contributed by atoms with Crippen molar-refractivity contribution in [2.75, 3.05) is 12.3 Å². The number of carbonyl (C=O) groups is 3. The quantitative estimate of drug-likeness (QED) is 0.536. The molecule has 5 nitrogen and oxygen atoms in total. The van der Waals surface area contributed by atoms with Crippen LogP contribution >= 0.6 is 11.8 Å². The first-order chi connectivity index (χ1) is 8.56. The van der Waals surface area contributed by atoms with Gasteiger partial charge >= 0.3 is 5.97 Å². The lowest BCUT2D eigenvalue weighted by Crippen LogP contribution is -2.32. The minimum Gasteiger partial charge on any atom is -0.481 e. The second-order valence-corrected chi connectivity index (χ2v) is 5.61. The smallest absolute Gasteiger partial charge is 0.303 e. The Morgan fingerprint density at radius 2 is 2.17 bits per heavy atom. The van der Waals surface area contributed by atoms with E-state index < -0.39 is 5.97 Å². The zero-order valence-electron chi connectivity index (χ0n) is 10.6. The molecule has 102 valence electrons. The molecule has 0 spiro atoms. The van der Waals surface area contributed by atoms with Crippen molar-refractivity contribution in [3.8, 4) is 0 Å². The Labute approximate surface area is 111 Å². The van der Waals surface area contributed by atoms with Crippen molar-refractivity contribution in [2.45, 2.75) is 44.3 Å². The summed E-state index contributed by atoms with van der Waals surface area (Å²) < 4.78 is 0. The van der Waals surface area contributed by atoms with E-state index in [1.165, 1.54) is 16.7 Å². The van der Waals surface area contributed by atoms with Gasteiger partial charge in [0, 0.05) is 19.4 Å². The summed E-state index contributed by atoms with van der Waals surface area (Å²) in [4.78, 5) is 35.2. The van der Waals surface area contributed by atoms with Crippen molar-refractivity contribution in [3.63, 3.8) is 0 Å². The molecular weight excluding hydrogens is 254 g/mol. The van der Waals surface area contributed by atoms with E-state index in [1.807, 2.05) is 0 Å². The van der Waals surface area contributed by atoms with Crippen LogP contribution in [0.5, 0.6) is 0 Å². The Bertz CT molecular complexity index is 332. The lowest BCUT2D eigenvalue weighted by Gasteiger charge is -2.13. The monoisotopic (exact) mass is 273 g/mol. The van der Waals surface area contributed by atoms with E-state index in [0.717, 1.165) is 18.6 Å². The second kappa shape index (κ2) is 7.41. The minimum absolute atomic E-state index is 0.00922. The maximum atomic E-state index is 11.9. The van der Waals surface area contributed by atoms with Crippen molar-refractivity contribution in [1.82, 2.24) is 4.90 Å². The molecule has 1 aliphatic rings. The van der Waals surface area contributed by atoms with Crippen LogP contribution in [-0.2, 0) is 14.4 Å². The SMILES string of the molecule is CCCCSC1CC(=O)N(CCCC(=O)O)C1=O. The molecule has 0 aliphatic carbocycles. The first kappa shape index (κ1) is 15.0. The van der Waals surface area contributed by atoms with Crippen LogP contribution in [0.25, 0.3) is 0 Å². The van der Waals surface area contributed by atoms with Gasteiger partial charge in [-0.15, -0.1) is 11.8 Å². The van der Waals surface area contributed by atoms with E-state index in [0.29, 0.717) is 6.42 Å². The fourth-order valence-electron chi connectivity index (χ4n) is 1.78. The summed E-state index contributed by atoms with van der Waals surface area (Å²) in [5.41, 5.74) is 0. The highest BCUT2D eigenvalue weighted by Crippen LogP contribution is 2.26. The van der Waals surface area contributed by atoms with E-state index in [-0.39, 0.29) is 36.5 Å². The predicted molar refractivity (Wildman–Crippen MR) is 69.4 cm³/mol. The molecule has 0 bridgehead atoms. The van der Waals surface area contributed by atoms with Crippen LogP contribution in [0.4, 0.5) is 0 Å². The summed E-state index contributed by atoms with van der Waals surface area (Å²) in [6.45, 7) is 2.31. The van der Waals surface area contributed by atoms with Crippen LogP contribution in [0.2, 0.25) is 0 Å². The third-order valence-electron chi connectivity index (χ3n) is 2.79. The number of carboxylic acids is 1. The topological polar surface area (TPSA) is 74.7 Å². The molecule has 1 unspecified atom stereocenters. The highest BCUT2D eigenvalue weighted by molar-refractivity contribution is 8.00. The minimum atomic E-state index is -0.900. The van der Waals surface area contributed by atoms with Gasteiger partial charge in [0.25, 0.3) is 0 Å². The number of carboxylic acid groups (broad SMARTS) is 1. The number of imide groups is 1. The Morgan fingerprint density at radius 3 is 2.78 bits per heavy atom. The zero-order valence-corrected chi connectivity index (χ0v) is 11.4. The molecule has 0 saturated carbocycles. The van der Waals surface area contributed by atoms with Crippen LogP contribution in [0.15, 0.2) is 0 Å². The first-order valence-corrected chi connectivity index (χ1v) is 7.28. The Hall–Kier alpha value is -1.04. The molecule has 6 heteroatoms. The van der Waals surface area contributed by atoms with Gasteiger partial charge in [0.2, 0.25) is 11.8 Å². The molecule has 1 heterocycles. The van der Waals surface area contributed by atoms with Gasteiger partial charge in [0.15, 0.2) is 0 Å². The number of aliphatic carboxylic acids is 1. The first-order valence-electron chi connectivity index (χ1n) is 6.23. The Balaban J connectivity index is 2.38. The molecule has 2 amide bonds. The van der Waals surface area contributed by atoms with Gasteiger partial charge in [0.1, 0.15) is 0 Å². The van der Waals surface area contributed by atoms with Gasteiger partial charge in [-0.1, -0.05) is 13.3 Å². The molecule has 1 atom stereocenters. The molecule has 0 aromatic carbocycles. The van der Waals surface area contributed by atoms with Crippen molar-refractivity contribution in [3.05, 3.63) is 0 Å². The fourth-order valence-corrected chi connectivity index (χ4v) is 3.05. The molecule has 1 saturated heterocycles. The Morgan fingerprint density at radius 1 is 1.44 bits per heavy atom. The fraction of sp³-hybridized carbons (Fsp3) is 0.750. The maximum Gasteiger partial charge on any atom is 0.303 e. The lowest BCUT2D eigenvalue weighted by atomic mass is 10.3. The van der Waals surface area contributed by atoms with Gasteiger partial charge in [-0.2, -0.15) is 0 Å². The number of nitrogens with zero attached hydrogens (tertiary/aromatic N) is 1. The second-order valence-electron chi connectivity index (χ2n) is 4.30. The molecule has 1 aliphatic heterocycles. The number of rotatable bonds is 8. The average Bonchev–Trinajstić information content (AvgIpc) is 2.56. The number of hydrogen-bond donors (Lipinski definition) is 1. The Kier molecular flexibility index (Phi) is 6.18. The predicted octanol–water partition coefficient (Wildman–Crippen LogP) is 1.51. The van der Waals surface area contributed by atoms with E-state index in [4.69, 9.17) is 5.11 Å². The van der Waals surface area contributed by atoms with Gasteiger partial charge in [-0.25, -0.2) is 0 Å². The number of hydrogen-bond acceptors (Lipinski definition) is 4. The molecular formula is C12H19NO4S. The maximum absolute atomic E-state index is 11.9. The number of carbonyl (C=O) groups excluding carboxylic acids is 2. The molecule has 1 N–H and O–H groups in total. The van der Waals surface area contributed by atoms with Crippen LogP contribution in [0.3, 0.4) is 0 Å². The van der Waals surface area contributed by atoms with Crippen molar-refractivity contribution < 1.29 is 19.5 Å². The number of unbranched alkanes of at least 4 members (excludes halogenated alkanes) is 1. The number of likely N-dealkylation sites (tertiary alicyclic amines) is 1. The third-order valence-corrected chi connectivity index (χ3v) is 4.09. The largest absolute Gasteiger partial charge is 0.481 e. The van der Waals surface area contributed by atoms with Gasteiger partial charge < -0.3 is 5.11 Å². The standard InChI is InChI=1S/C12H19NO4S/c1-2-3-7-18-9-8-10(14)13(12(9)17)6-4-5-11(15)16/h9H,2-8H2,1H3,(H,15,16). The summed E-state index contributed by atoms with van der Waals surface area (Å²) in [5, 5.41) is 8.27. The summed E-state index contributed by atoms with van der Waals surface area (Å²) in [7, 11) is 0. The lowest BCUT2D eigenvalue weighted by molar-refractivity contribution is -0.141. The zero-order chi connectivity index (χ0) is 13.5. The van der Waals surface area contributed by atoms with Crippen LogP contribution in [0.1, 0.15) is 39.0 Å². The van der Waals surface area contributed by atoms with Crippen LogP contribution < -0.4 is 0 Å². The molecule has 1 fully saturated rings. The van der Waals surface area contributed by atoms with Crippen LogP contribution in [0, 0.1) is 0 Å². The number of amides is 2. The van der Waals surface area contributed by atoms with Crippen molar-refractivity contribution >= 4 is 29.5 Å². The van der Waals surface area contributed by atoms with E-state index in [9.17, 15) is 14.4 Å². The molecule has 0 aromatic heterocycles. The molecule has 1 rings (SSSR count). The van der Waals surface area contributed by atoms with Gasteiger partial charge in [-0.3, -0.25) is 19.3 Å². The third kappa shape index (κ3) is 4.33. The highest BCUT2D eigenvalue weighted by atomic mass is 32.2. The molecule has 0 radical (unpaired) electrons. The van der Waals surface area contributed by atoms with Crippen molar-refractivity contribution in [1.29, 1.82) is 0 Å². The molecule has 18 heavy (non-hydrogen) atoms.